The highest BCUT2D eigenvalue weighted by molar-refractivity contribution is 6.06. The van der Waals surface area contributed by atoms with E-state index in [1.807, 2.05) is 68.8 Å². The molecule has 6 nitrogen and oxygen atoms in total. The van der Waals surface area contributed by atoms with Gasteiger partial charge in [-0.1, -0.05) is 54.6 Å². The minimum Gasteiger partial charge on any atom is -0.351 e. The molecule has 4 rings (SSSR count). The van der Waals surface area contributed by atoms with Crippen molar-refractivity contribution in [1.29, 1.82) is 0 Å². The number of amides is 2. The summed E-state index contributed by atoms with van der Waals surface area (Å²) in [6.07, 6.45) is 6.58. The lowest BCUT2D eigenvalue weighted by atomic mass is 10.0. The smallest absolute Gasteiger partial charge is 0.267 e. The highest BCUT2D eigenvalue weighted by Crippen LogP contribution is 2.21. The summed E-state index contributed by atoms with van der Waals surface area (Å²) in [5.41, 5.74) is 2.34. The monoisotopic (exact) mass is 440 g/mol. The van der Waals surface area contributed by atoms with Crippen LogP contribution in [-0.2, 0) is 13.5 Å². The SMILES string of the molecule is CN(C(=O)c1cncc2ccccc12)[C@H](CCNC(=O)c1cccn1C)Cc1ccccc1. The van der Waals surface area contributed by atoms with Crippen LogP contribution in [0.2, 0.25) is 0 Å². The predicted molar refractivity (Wildman–Crippen MR) is 130 cm³/mol. The Labute approximate surface area is 193 Å². The van der Waals surface area contributed by atoms with Crippen molar-refractivity contribution in [3.8, 4) is 0 Å². The van der Waals surface area contributed by atoms with Crippen LogP contribution in [0.3, 0.4) is 0 Å². The molecule has 1 atom stereocenters. The standard InChI is InChI=1S/C27H28N4O2/c1-30-16-8-13-25(30)26(32)29-15-14-22(17-20-9-4-3-5-10-20)31(2)27(33)24-19-28-18-21-11-6-7-12-23(21)24/h3-13,16,18-19,22H,14-15,17H2,1-2H3,(H,29,32)/t22-/m1/s1. The molecular weight excluding hydrogens is 412 g/mol. The van der Waals surface area contributed by atoms with Crippen molar-refractivity contribution < 1.29 is 9.59 Å². The normalized spacial score (nSPS) is 11.8. The van der Waals surface area contributed by atoms with Crippen LogP contribution in [0.1, 0.15) is 32.8 Å². The fourth-order valence-corrected chi connectivity index (χ4v) is 4.10. The molecule has 4 aromatic rings. The Morgan fingerprint density at radius 3 is 2.52 bits per heavy atom. The zero-order valence-electron chi connectivity index (χ0n) is 18.9. The van der Waals surface area contributed by atoms with E-state index in [4.69, 9.17) is 0 Å². The van der Waals surface area contributed by atoms with E-state index < -0.39 is 0 Å². The topological polar surface area (TPSA) is 67.2 Å². The summed E-state index contributed by atoms with van der Waals surface area (Å²) in [6.45, 7) is 0.465. The maximum Gasteiger partial charge on any atom is 0.267 e. The zero-order chi connectivity index (χ0) is 23.2. The Morgan fingerprint density at radius 1 is 1.00 bits per heavy atom. The van der Waals surface area contributed by atoms with E-state index in [2.05, 4.69) is 22.4 Å². The molecule has 168 valence electrons. The minimum atomic E-state index is -0.117. The summed E-state index contributed by atoms with van der Waals surface area (Å²) in [5, 5.41) is 4.82. The van der Waals surface area contributed by atoms with E-state index in [1.165, 1.54) is 0 Å². The molecule has 0 aliphatic rings. The van der Waals surface area contributed by atoms with Crippen molar-refractivity contribution in [3.63, 3.8) is 0 Å². The summed E-state index contributed by atoms with van der Waals surface area (Å²) in [5.74, 6) is -0.192. The van der Waals surface area contributed by atoms with Crippen molar-refractivity contribution >= 4 is 22.6 Å². The van der Waals surface area contributed by atoms with Gasteiger partial charge in [0, 0.05) is 50.7 Å². The van der Waals surface area contributed by atoms with Gasteiger partial charge in [-0.2, -0.15) is 0 Å². The lowest BCUT2D eigenvalue weighted by Gasteiger charge is -2.29. The Morgan fingerprint density at radius 2 is 1.76 bits per heavy atom. The molecule has 0 aliphatic carbocycles. The van der Waals surface area contributed by atoms with Gasteiger partial charge in [0.2, 0.25) is 0 Å². The van der Waals surface area contributed by atoms with Crippen LogP contribution in [0.15, 0.2) is 85.3 Å². The van der Waals surface area contributed by atoms with Crippen molar-refractivity contribution in [2.75, 3.05) is 13.6 Å². The second kappa shape index (κ2) is 10.1. The molecule has 2 heterocycles. The summed E-state index contributed by atoms with van der Waals surface area (Å²) in [4.78, 5) is 32.1. The van der Waals surface area contributed by atoms with Crippen LogP contribution in [0.4, 0.5) is 0 Å². The van der Waals surface area contributed by atoms with Crippen LogP contribution in [0, 0.1) is 0 Å². The minimum absolute atomic E-state index is 0.0750. The summed E-state index contributed by atoms with van der Waals surface area (Å²) in [7, 11) is 3.68. The number of hydrogen-bond acceptors (Lipinski definition) is 3. The molecule has 0 saturated heterocycles. The molecule has 2 amide bonds. The highest BCUT2D eigenvalue weighted by atomic mass is 16.2. The van der Waals surface area contributed by atoms with E-state index in [0.29, 0.717) is 30.6 Å². The molecule has 0 radical (unpaired) electrons. The third-order valence-electron chi connectivity index (χ3n) is 6.02. The van der Waals surface area contributed by atoms with Gasteiger partial charge in [-0.3, -0.25) is 14.6 Å². The fourth-order valence-electron chi connectivity index (χ4n) is 4.10. The van der Waals surface area contributed by atoms with Crippen LogP contribution in [-0.4, -0.2) is 45.9 Å². The number of pyridine rings is 1. The molecule has 1 N–H and O–H groups in total. The number of nitrogens with zero attached hydrogens (tertiary/aromatic N) is 3. The van der Waals surface area contributed by atoms with Gasteiger partial charge in [0.15, 0.2) is 0 Å². The van der Waals surface area contributed by atoms with Gasteiger partial charge in [-0.15, -0.1) is 0 Å². The van der Waals surface area contributed by atoms with Gasteiger partial charge in [-0.05, 0) is 35.9 Å². The van der Waals surface area contributed by atoms with E-state index in [0.717, 1.165) is 16.3 Å². The van der Waals surface area contributed by atoms with Gasteiger partial charge in [0.1, 0.15) is 5.69 Å². The third kappa shape index (κ3) is 5.12. The van der Waals surface area contributed by atoms with Crippen LogP contribution in [0.25, 0.3) is 10.8 Å². The molecule has 0 saturated carbocycles. The first-order chi connectivity index (χ1) is 16.0. The van der Waals surface area contributed by atoms with Gasteiger partial charge >= 0.3 is 0 Å². The first-order valence-electron chi connectivity index (χ1n) is 11.1. The first-order valence-corrected chi connectivity index (χ1v) is 11.1. The maximum absolute atomic E-state index is 13.5. The zero-order valence-corrected chi connectivity index (χ0v) is 18.9. The number of carbonyl (C=O) groups excluding carboxylic acids is 2. The van der Waals surface area contributed by atoms with E-state index in [9.17, 15) is 9.59 Å². The predicted octanol–water partition coefficient (Wildman–Crippen LogP) is 4.08. The molecule has 0 aliphatic heterocycles. The maximum atomic E-state index is 13.5. The summed E-state index contributed by atoms with van der Waals surface area (Å²) >= 11 is 0. The summed E-state index contributed by atoms with van der Waals surface area (Å²) < 4.78 is 1.79. The summed E-state index contributed by atoms with van der Waals surface area (Å²) in [6, 6.07) is 21.4. The van der Waals surface area contributed by atoms with Crippen LogP contribution < -0.4 is 5.32 Å². The first kappa shape index (κ1) is 22.3. The Bertz CT molecular complexity index is 1240. The second-order valence-electron chi connectivity index (χ2n) is 8.22. The molecule has 2 aromatic carbocycles. The molecule has 33 heavy (non-hydrogen) atoms. The molecule has 0 unspecified atom stereocenters. The lowest BCUT2D eigenvalue weighted by molar-refractivity contribution is 0.0724. The molecule has 0 fully saturated rings. The molecular formula is C27H28N4O2. The Balaban J connectivity index is 1.52. The van der Waals surface area contributed by atoms with Gasteiger partial charge in [-0.25, -0.2) is 0 Å². The number of nitrogens with one attached hydrogen (secondary N) is 1. The number of fused-ring (bicyclic) bond motifs is 1. The third-order valence-corrected chi connectivity index (χ3v) is 6.02. The molecule has 2 aromatic heterocycles. The average Bonchev–Trinajstić information content (AvgIpc) is 3.28. The number of likely N-dealkylation sites (N-methyl/N-ethyl adjacent to an activating group) is 1. The lowest BCUT2D eigenvalue weighted by Crippen LogP contribution is -2.41. The number of aromatic nitrogens is 2. The van der Waals surface area contributed by atoms with Crippen LogP contribution in [0.5, 0.6) is 0 Å². The number of aryl methyl sites for hydroxylation is 1. The van der Waals surface area contributed by atoms with Crippen molar-refractivity contribution in [2.45, 2.75) is 18.9 Å². The van der Waals surface area contributed by atoms with Gasteiger partial charge < -0.3 is 14.8 Å². The second-order valence-corrected chi connectivity index (χ2v) is 8.22. The number of hydrogen-bond donors (Lipinski definition) is 1. The fraction of sp³-hybridized carbons (Fsp3) is 0.222. The van der Waals surface area contributed by atoms with Crippen molar-refractivity contribution in [1.82, 2.24) is 19.8 Å². The van der Waals surface area contributed by atoms with Crippen molar-refractivity contribution in [2.24, 2.45) is 7.05 Å². The molecule has 6 heteroatoms. The number of carbonyl (C=O) groups is 2. The molecule has 0 bridgehead atoms. The van der Waals surface area contributed by atoms with E-state index in [-0.39, 0.29) is 17.9 Å². The van der Waals surface area contributed by atoms with E-state index in [1.54, 1.807) is 27.9 Å². The average molecular weight is 441 g/mol. The van der Waals surface area contributed by atoms with Crippen molar-refractivity contribution in [3.05, 3.63) is 102 Å². The molecule has 0 spiro atoms. The van der Waals surface area contributed by atoms with Crippen LogP contribution >= 0.6 is 0 Å². The Hall–Kier alpha value is -3.93. The quantitative estimate of drug-likeness (QED) is 0.449. The number of rotatable bonds is 8. The van der Waals surface area contributed by atoms with Gasteiger partial charge in [0.05, 0.1) is 5.56 Å². The van der Waals surface area contributed by atoms with Gasteiger partial charge in [0.25, 0.3) is 11.8 Å². The number of benzene rings is 2. The van der Waals surface area contributed by atoms with E-state index >= 15 is 0 Å². The largest absolute Gasteiger partial charge is 0.351 e. The Kier molecular flexibility index (Phi) is 6.83. The highest BCUT2D eigenvalue weighted by Gasteiger charge is 2.23.